The van der Waals surface area contributed by atoms with Crippen molar-refractivity contribution in [3.63, 3.8) is 0 Å². The minimum atomic E-state index is -3.67. The molecule has 176 valence electrons. The van der Waals surface area contributed by atoms with E-state index in [4.69, 9.17) is 27.9 Å². The van der Waals surface area contributed by atoms with Crippen molar-refractivity contribution in [2.45, 2.75) is 44.4 Å². The van der Waals surface area contributed by atoms with Gasteiger partial charge >= 0.3 is 0 Å². The van der Waals surface area contributed by atoms with E-state index in [0.717, 1.165) is 5.56 Å². The number of hydrogen-bond donors (Lipinski definition) is 1. The smallest absolute Gasteiger partial charge is 0.243 e. The number of hydrogen-bond acceptors (Lipinski definition) is 5. The van der Waals surface area contributed by atoms with E-state index in [9.17, 15) is 13.2 Å². The molecule has 0 aromatic heterocycles. The fraction of sp³-hybridized carbons (Fsp3) is 0.409. The third-order valence-electron chi connectivity index (χ3n) is 4.42. The van der Waals surface area contributed by atoms with E-state index < -0.39 is 10.0 Å². The fourth-order valence-electron chi connectivity index (χ4n) is 2.91. The van der Waals surface area contributed by atoms with Crippen LogP contribution in [0.3, 0.4) is 0 Å². The molecule has 0 aliphatic rings. The Morgan fingerprint density at radius 1 is 1.09 bits per heavy atom. The van der Waals surface area contributed by atoms with Crippen LogP contribution in [0.5, 0.6) is 5.75 Å². The van der Waals surface area contributed by atoms with Crippen molar-refractivity contribution in [3.05, 3.63) is 52.0 Å². The van der Waals surface area contributed by atoms with Gasteiger partial charge in [-0.3, -0.25) is 4.79 Å². The molecule has 2 rings (SSSR count). The second kappa shape index (κ2) is 12.1. The Bertz CT molecular complexity index is 1040. The van der Waals surface area contributed by atoms with E-state index in [1.807, 2.05) is 19.9 Å². The third-order valence-corrected chi connectivity index (χ3v) is 8.21. The summed E-state index contributed by atoms with van der Waals surface area (Å²) >= 11 is 13.4. The molecule has 0 saturated heterocycles. The van der Waals surface area contributed by atoms with Crippen LogP contribution in [-0.2, 0) is 20.6 Å². The lowest BCUT2D eigenvalue weighted by atomic mass is 10.2. The Kier molecular flexibility index (Phi) is 10.2. The van der Waals surface area contributed by atoms with E-state index in [-0.39, 0.29) is 22.7 Å². The molecule has 0 radical (unpaired) electrons. The zero-order valence-corrected chi connectivity index (χ0v) is 21.7. The van der Waals surface area contributed by atoms with Crippen molar-refractivity contribution in [1.29, 1.82) is 0 Å². The highest BCUT2D eigenvalue weighted by molar-refractivity contribution is 7.99. The van der Waals surface area contributed by atoms with Crippen LogP contribution in [-0.4, -0.2) is 43.6 Å². The number of amides is 1. The summed E-state index contributed by atoms with van der Waals surface area (Å²) in [6, 6.07) is 9.87. The Morgan fingerprint density at radius 3 is 2.38 bits per heavy atom. The second-order valence-corrected chi connectivity index (χ2v) is 10.9. The molecule has 6 nitrogen and oxygen atoms in total. The summed E-state index contributed by atoms with van der Waals surface area (Å²) in [4.78, 5) is 12.7. The summed E-state index contributed by atoms with van der Waals surface area (Å²) in [7, 11) is -3.67. The number of rotatable bonds is 11. The van der Waals surface area contributed by atoms with Gasteiger partial charge < -0.3 is 10.1 Å². The first-order valence-corrected chi connectivity index (χ1v) is 13.6. The number of nitrogens with one attached hydrogen (secondary N) is 1. The van der Waals surface area contributed by atoms with Gasteiger partial charge in [0, 0.05) is 18.8 Å². The Hall–Kier alpha value is -1.45. The minimum Gasteiger partial charge on any atom is -0.489 e. The van der Waals surface area contributed by atoms with Gasteiger partial charge in [-0.15, -0.1) is 11.8 Å². The fourth-order valence-corrected chi connectivity index (χ4v) is 5.49. The number of carbonyl (C=O) groups excluding carboxylic acids is 1. The normalized spacial score (nSPS) is 11.8. The molecule has 0 bridgehead atoms. The van der Waals surface area contributed by atoms with E-state index >= 15 is 0 Å². The van der Waals surface area contributed by atoms with Crippen LogP contribution in [0.2, 0.25) is 10.0 Å². The number of nitrogens with zero attached hydrogens (tertiary/aromatic N) is 1. The van der Waals surface area contributed by atoms with Gasteiger partial charge in [0.05, 0.1) is 32.5 Å². The lowest BCUT2D eigenvalue weighted by molar-refractivity contribution is -0.113. The molecule has 0 heterocycles. The molecule has 0 unspecified atom stereocenters. The molecule has 10 heteroatoms. The molecule has 0 fully saturated rings. The van der Waals surface area contributed by atoms with Crippen molar-refractivity contribution in [2.75, 3.05) is 24.2 Å². The predicted molar refractivity (Wildman–Crippen MR) is 134 cm³/mol. The van der Waals surface area contributed by atoms with Gasteiger partial charge in [-0.2, -0.15) is 4.31 Å². The Labute approximate surface area is 204 Å². The summed E-state index contributed by atoms with van der Waals surface area (Å²) in [5.41, 5.74) is 1.28. The molecule has 0 saturated carbocycles. The first kappa shape index (κ1) is 26.8. The van der Waals surface area contributed by atoms with Crippen molar-refractivity contribution < 1.29 is 17.9 Å². The Balaban J connectivity index is 2.16. The molecular formula is C22H28Cl2N2O4S2. The number of carbonyl (C=O) groups is 1. The van der Waals surface area contributed by atoms with E-state index in [1.54, 1.807) is 32.0 Å². The van der Waals surface area contributed by atoms with Crippen molar-refractivity contribution in [3.8, 4) is 5.75 Å². The molecule has 0 aliphatic carbocycles. The summed E-state index contributed by atoms with van der Waals surface area (Å²) in [6.45, 7) is 8.00. The highest BCUT2D eigenvalue weighted by Gasteiger charge is 2.23. The standard InChI is InChI=1S/C22H28Cl2N2O4S2/c1-5-26(6-2)32(28,29)17-8-10-21(30-15(3)4)20(12-17)25-22(27)14-31-13-16-7-9-18(23)19(24)11-16/h7-12,15H,5-6,13-14H2,1-4H3,(H,25,27). The topological polar surface area (TPSA) is 75.7 Å². The van der Waals surface area contributed by atoms with Gasteiger partial charge in [0.1, 0.15) is 5.75 Å². The van der Waals surface area contributed by atoms with Crippen LogP contribution in [0.1, 0.15) is 33.3 Å². The quantitative estimate of drug-likeness (QED) is 0.413. The van der Waals surface area contributed by atoms with Crippen LogP contribution in [0, 0.1) is 0 Å². The highest BCUT2D eigenvalue weighted by atomic mass is 35.5. The van der Waals surface area contributed by atoms with Crippen LogP contribution in [0.25, 0.3) is 0 Å². The van der Waals surface area contributed by atoms with E-state index in [1.165, 1.54) is 28.2 Å². The third kappa shape index (κ3) is 7.28. The van der Waals surface area contributed by atoms with Crippen LogP contribution in [0.15, 0.2) is 41.3 Å². The van der Waals surface area contributed by atoms with Crippen LogP contribution >= 0.6 is 35.0 Å². The van der Waals surface area contributed by atoms with Crippen LogP contribution < -0.4 is 10.1 Å². The molecule has 0 spiro atoms. The van der Waals surface area contributed by atoms with Crippen molar-refractivity contribution >= 4 is 56.6 Å². The van der Waals surface area contributed by atoms with Gasteiger partial charge in [-0.1, -0.05) is 43.1 Å². The van der Waals surface area contributed by atoms with Crippen LogP contribution in [0.4, 0.5) is 5.69 Å². The first-order valence-electron chi connectivity index (χ1n) is 10.2. The maximum Gasteiger partial charge on any atom is 0.243 e. The molecule has 32 heavy (non-hydrogen) atoms. The molecular weight excluding hydrogens is 491 g/mol. The summed E-state index contributed by atoms with van der Waals surface area (Å²) < 4.78 is 32.9. The SMILES string of the molecule is CCN(CC)S(=O)(=O)c1ccc(OC(C)C)c(NC(=O)CSCc2ccc(Cl)c(Cl)c2)c1. The average molecular weight is 520 g/mol. The van der Waals surface area contributed by atoms with Gasteiger partial charge in [0.15, 0.2) is 0 Å². The van der Waals surface area contributed by atoms with Crippen molar-refractivity contribution in [2.24, 2.45) is 0 Å². The molecule has 0 atom stereocenters. The largest absolute Gasteiger partial charge is 0.489 e. The number of halogens is 2. The number of benzene rings is 2. The molecule has 0 aliphatic heterocycles. The van der Waals surface area contributed by atoms with Crippen molar-refractivity contribution in [1.82, 2.24) is 4.31 Å². The molecule has 2 aromatic carbocycles. The monoisotopic (exact) mass is 518 g/mol. The van der Waals surface area contributed by atoms with Gasteiger partial charge in [0.25, 0.3) is 0 Å². The highest BCUT2D eigenvalue weighted by Crippen LogP contribution is 2.30. The van der Waals surface area contributed by atoms with Gasteiger partial charge in [0.2, 0.25) is 15.9 Å². The second-order valence-electron chi connectivity index (χ2n) is 7.20. The van der Waals surface area contributed by atoms with Gasteiger partial charge in [-0.25, -0.2) is 8.42 Å². The maximum absolute atomic E-state index is 12.9. The predicted octanol–water partition coefficient (Wildman–Crippen LogP) is 5.68. The molecule has 1 N–H and O–H groups in total. The zero-order valence-electron chi connectivity index (χ0n) is 18.5. The molecule has 2 aromatic rings. The number of thioether (sulfide) groups is 1. The van der Waals surface area contributed by atoms with E-state index in [0.29, 0.717) is 40.3 Å². The number of anilines is 1. The lowest BCUT2D eigenvalue weighted by Gasteiger charge is -2.20. The lowest BCUT2D eigenvalue weighted by Crippen LogP contribution is -2.30. The number of sulfonamides is 1. The van der Waals surface area contributed by atoms with Gasteiger partial charge in [-0.05, 0) is 49.7 Å². The summed E-state index contributed by atoms with van der Waals surface area (Å²) in [5.74, 6) is 0.909. The molecule has 1 amide bonds. The van der Waals surface area contributed by atoms with E-state index in [2.05, 4.69) is 5.32 Å². The maximum atomic E-state index is 12.9. The number of ether oxygens (including phenoxy) is 1. The zero-order chi connectivity index (χ0) is 23.9. The average Bonchev–Trinajstić information content (AvgIpc) is 2.72. The summed E-state index contributed by atoms with van der Waals surface area (Å²) in [6.07, 6.45) is -0.139. The Morgan fingerprint density at radius 2 is 1.78 bits per heavy atom. The first-order chi connectivity index (χ1) is 15.1. The summed E-state index contributed by atoms with van der Waals surface area (Å²) in [5, 5.41) is 3.75. The minimum absolute atomic E-state index is 0.107.